The fraction of sp³-hybridized carbons (Fsp3) is 0.111. The number of thiazole rings is 1. The first-order valence-corrected chi connectivity index (χ1v) is 11.8. The SMILES string of the molecule is CC(C(=O)NCc1ccc(-c2nc(-c3ccccc3)cs2)cc1)N1C(=O)c2ccccc2C1=O. The molecule has 0 spiro atoms. The molecule has 168 valence electrons. The molecule has 4 aromatic rings. The Balaban J connectivity index is 1.22. The summed E-state index contributed by atoms with van der Waals surface area (Å²) in [6.07, 6.45) is 0. The van der Waals surface area contributed by atoms with Gasteiger partial charge in [-0.15, -0.1) is 11.3 Å². The summed E-state index contributed by atoms with van der Waals surface area (Å²) in [5.41, 5.74) is 4.60. The van der Waals surface area contributed by atoms with E-state index in [1.165, 1.54) is 0 Å². The second-order valence-electron chi connectivity index (χ2n) is 8.02. The number of imide groups is 1. The summed E-state index contributed by atoms with van der Waals surface area (Å²) in [6, 6.07) is 23.6. The Kier molecular flexibility index (Phi) is 5.77. The molecule has 5 rings (SSSR count). The van der Waals surface area contributed by atoms with Crippen LogP contribution in [0.1, 0.15) is 33.2 Å². The lowest BCUT2D eigenvalue weighted by Crippen LogP contribution is -2.47. The van der Waals surface area contributed by atoms with E-state index in [2.05, 4.69) is 5.32 Å². The lowest BCUT2D eigenvalue weighted by Gasteiger charge is -2.21. The van der Waals surface area contributed by atoms with Gasteiger partial charge >= 0.3 is 0 Å². The van der Waals surface area contributed by atoms with Gasteiger partial charge in [0.1, 0.15) is 11.0 Å². The van der Waals surface area contributed by atoms with Gasteiger partial charge in [0.25, 0.3) is 11.8 Å². The molecule has 1 aliphatic rings. The van der Waals surface area contributed by atoms with Crippen molar-refractivity contribution < 1.29 is 14.4 Å². The zero-order valence-electron chi connectivity index (χ0n) is 18.4. The van der Waals surface area contributed by atoms with Crippen LogP contribution in [0.5, 0.6) is 0 Å². The second-order valence-corrected chi connectivity index (χ2v) is 8.88. The first kappa shape index (κ1) is 21.7. The van der Waals surface area contributed by atoms with Crippen molar-refractivity contribution in [2.24, 2.45) is 0 Å². The van der Waals surface area contributed by atoms with Crippen molar-refractivity contribution in [3.63, 3.8) is 0 Å². The Morgan fingerprint density at radius 3 is 2.15 bits per heavy atom. The monoisotopic (exact) mass is 467 g/mol. The minimum Gasteiger partial charge on any atom is -0.350 e. The topological polar surface area (TPSA) is 79.4 Å². The van der Waals surface area contributed by atoms with Crippen LogP contribution < -0.4 is 5.32 Å². The molecule has 2 heterocycles. The third-order valence-electron chi connectivity index (χ3n) is 5.83. The minimum atomic E-state index is -0.904. The highest BCUT2D eigenvalue weighted by Crippen LogP contribution is 2.29. The number of rotatable bonds is 6. The number of carbonyl (C=O) groups excluding carboxylic acids is 3. The van der Waals surface area contributed by atoms with Crippen LogP contribution in [0, 0.1) is 0 Å². The largest absolute Gasteiger partial charge is 0.350 e. The number of nitrogens with zero attached hydrogens (tertiary/aromatic N) is 2. The Hall–Kier alpha value is -4.10. The highest BCUT2D eigenvalue weighted by atomic mass is 32.1. The zero-order valence-corrected chi connectivity index (χ0v) is 19.2. The van der Waals surface area contributed by atoms with Crippen molar-refractivity contribution in [2.75, 3.05) is 0 Å². The second kappa shape index (κ2) is 9.03. The summed E-state index contributed by atoms with van der Waals surface area (Å²) in [5.74, 6) is -1.26. The molecule has 1 aromatic heterocycles. The molecule has 34 heavy (non-hydrogen) atoms. The molecule has 0 saturated carbocycles. The third kappa shape index (κ3) is 4.02. The van der Waals surface area contributed by atoms with Gasteiger partial charge in [0, 0.05) is 23.1 Å². The maximum absolute atomic E-state index is 12.7. The van der Waals surface area contributed by atoms with E-state index < -0.39 is 17.9 Å². The standard InChI is InChI=1S/C27H21N3O3S/c1-17(30-26(32)21-9-5-6-10-22(21)27(30)33)24(31)28-15-18-11-13-20(14-12-18)25-29-23(16-34-25)19-7-3-2-4-8-19/h2-14,16-17H,15H2,1H3,(H,28,31). The van der Waals surface area contributed by atoms with E-state index in [-0.39, 0.29) is 5.91 Å². The Morgan fingerprint density at radius 1 is 0.882 bits per heavy atom. The Labute approximate surface area is 200 Å². The van der Waals surface area contributed by atoms with E-state index in [1.54, 1.807) is 42.5 Å². The summed E-state index contributed by atoms with van der Waals surface area (Å²) < 4.78 is 0. The van der Waals surface area contributed by atoms with Crippen LogP contribution in [-0.2, 0) is 11.3 Å². The molecule has 0 radical (unpaired) electrons. The zero-order chi connectivity index (χ0) is 23.7. The van der Waals surface area contributed by atoms with Crippen LogP contribution in [0.4, 0.5) is 0 Å². The first-order valence-electron chi connectivity index (χ1n) is 10.9. The molecule has 0 saturated heterocycles. The molecule has 0 aliphatic carbocycles. The fourth-order valence-corrected chi connectivity index (χ4v) is 4.76. The normalized spacial score (nSPS) is 13.6. The average molecular weight is 468 g/mol. The molecule has 0 fully saturated rings. The average Bonchev–Trinajstić information content (AvgIpc) is 3.47. The first-order chi connectivity index (χ1) is 16.5. The quantitative estimate of drug-likeness (QED) is 0.414. The van der Waals surface area contributed by atoms with Crippen molar-refractivity contribution in [1.29, 1.82) is 0 Å². The summed E-state index contributed by atoms with van der Waals surface area (Å²) in [4.78, 5) is 43.7. The molecular weight excluding hydrogens is 446 g/mol. The smallest absolute Gasteiger partial charge is 0.262 e. The van der Waals surface area contributed by atoms with Gasteiger partial charge in [0.05, 0.1) is 16.8 Å². The number of carbonyl (C=O) groups is 3. The van der Waals surface area contributed by atoms with E-state index in [4.69, 9.17) is 4.98 Å². The summed E-state index contributed by atoms with van der Waals surface area (Å²) in [7, 11) is 0. The maximum atomic E-state index is 12.7. The van der Waals surface area contributed by atoms with Crippen molar-refractivity contribution in [3.8, 4) is 21.8 Å². The fourth-order valence-electron chi connectivity index (χ4n) is 3.93. The van der Waals surface area contributed by atoms with Gasteiger partial charge in [-0.3, -0.25) is 19.3 Å². The van der Waals surface area contributed by atoms with E-state index in [0.717, 1.165) is 32.3 Å². The highest BCUT2D eigenvalue weighted by molar-refractivity contribution is 7.13. The number of benzene rings is 3. The predicted octanol–water partition coefficient (Wildman–Crippen LogP) is 4.78. The van der Waals surface area contributed by atoms with Gasteiger partial charge in [-0.2, -0.15) is 0 Å². The number of amides is 3. The summed E-state index contributed by atoms with van der Waals surface area (Å²) >= 11 is 1.58. The van der Waals surface area contributed by atoms with Gasteiger partial charge in [-0.05, 0) is 24.6 Å². The van der Waals surface area contributed by atoms with E-state index in [9.17, 15) is 14.4 Å². The number of fused-ring (bicyclic) bond motifs is 1. The number of aromatic nitrogens is 1. The lowest BCUT2D eigenvalue weighted by atomic mass is 10.1. The molecule has 1 aliphatic heterocycles. The van der Waals surface area contributed by atoms with Gasteiger partial charge < -0.3 is 5.32 Å². The van der Waals surface area contributed by atoms with Crippen LogP contribution in [0.2, 0.25) is 0 Å². The minimum absolute atomic E-state index is 0.291. The summed E-state index contributed by atoms with van der Waals surface area (Å²) in [5, 5.41) is 5.80. The molecule has 3 aromatic carbocycles. The van der Waals surface area contributed by atoms with E-state index in [0.29, 0.717) is 17.7 Å². The van der Waals surface area contributed by atoms with Gasteiger partial charge in [0.2, 0.25) is 5.91 Å². The molecule has 1 N–H and O–H groups in total. The number of hydrogen-bond acceptors (Lipinski definition) is 5. The van der Waals surface area contributed by atoms with Crippen molar-refractivity contribution in [2.45, 2.75) is 19.5 Å². The van der Waals surface area contributed by atoms with Gasteiger partial charge in [-0.25, -0.2) is 4.98 Å². The van der Waals surface area contributed by atoms with Crippen molar-refractivity contribution >= 4 is 29.1 Å². The predicted molar refractivity (Wildman–Crippen MR) is 131 cm³/mol. The molecule has 1 unspecified atom stereocenters. The molecule has 1 atom stereocenters. The Bertz CT molecular complexity index is 1340. The van der Waals surface area contributed by atoms with E-state index >= 15 is 0 Å². The van der Waals surface area contributed by atoms with Crippen molar-refractivity contribution in [3.05, 3.63) is 101 Å². The van der Waals surface area contributed by atoms with Crippen LogP contribution >= 0.6 is 11.3 Å². The van der Waals surface area contributed by atoms with Crippen LogP contribution in [0.3, 0.4) is 0 Å². The molecular formula is C27H21N3O3S. The molecule has 0 bridgehead atoms. The molecule has 6 nitrogen and oxygen atoms in total. The molecule has 3 amide bonds. The number of hydrogen-bond donors (Lipinski definition) is 1. The summed E-state index contributed by atoms with van der Waals surface area (Å²) in [6.45, 7) is 1.85. The highest BCUT2D eigenvalue weighted by Gasteiger charge is 2.40. The van der Waals surface area contributed by atoms with Crippen LogP contribution in [0.25, 0.3) is 21.8 Å². The Morgan fingerprint density at radius 2 is 1.50 bits per heavy atom. The number of nitrogens with one attached hydrogen (secondary N) is 1. The van der Waals surface area contributed by atoms with Crippen LogP contribution in [-0.4, -0.2) is 33.6 Å². The van der Waals surface area contributed by atoms with Gasteiger partial charge in [-0.1, -0.05) is 66.7 Å². The maximum Gasteiger partial charge on any atom is 0.262 e. The lowest BCUT2D eigenvalue weighted by molar-refractivity contribution is -0.124. The van der Waals surface area contributed by atoms with Crippen LogP contribution in [0.15, 0.2) is 84.2 Å². The van der Waals surface area contributed by atoms with E-state index in [1.807, 2.05) is 60.0 Å². The van der Waals surface area contributed by atoms with Gasteiger partial charge in [0.15, 0.2) is 0 Å². The molecule has 7 heteroatoms. The van der Waals surface area contributed by atoms with Crippen molar-refractivity contribution in [1.82, 2.24) is 15.2 Å². The third-order valence-corrected chi connectivity index (χ3v) is 6.72.